The molecule has 2 rings (SSSR count). The van der Waals surface area contributed by atoms with Gasteiger partial charge in [-0.15, -0.1) is 0 Å². The number of sulfone groups is 1. The summed E-state index contributed by atoms with van der Waals surface area (Å²) in [5.41, 5.74) is 0.865. The Morgan fingerprint density at radius 2 is 1.65 bits per heavy atom. The lowest BCUT2D eigenvalue weighted by Crippen LogP contribution is -2.26. The Morgan fingerprint density at radius 1 is 1.04 bits per heavy atom. The number of sulfonamides is 1. The number of aryl methyl sites for hydroxylation is 1. The van der Waals surface area contributed by atoms with Gasteiger partial charge in [-0.3, -0.25) is 10.1 Å². The van der Waals surface area contributed by atoms with Crippen molar-refractivity contribution in [1.82, 2.24) is 4.72 Å². The summed E-state index contributed by atoms with van der Waals surface area (Å²) in [4.78, 5) is 10.2. The number of nitro benzene ring substituents is 1. The van der Waals surface area contributed by atoms with Crippen molar-refractivity contribution in [3.8, 4) is 0 Å². The number of benzene rings is 2. The fourth-order valence-corrected chi connectivity index (χ4v) is 4.23. The van der Waals surface area contributed by atoms with Gasteiger partial charge in [-0.05, 0) is 36.6 Å². The summed E-state index contributed by atoms with van der Waals surface area (Å²) in [6, 6.07) is 9.81. The standard InChI is InChI=1S/C16H18N2O6S2/c1-12-3-6-14(18(19)20)11-16(12)26(23,24)17-10-9-13-4-7-15(8-5-13)25(2,21)22/h3-8,11,17H,9-10H2,1-2H3. The van der Waals surface area contributed by atoms with Gasteiger partial charge in [-0.1, -0.05) is 18.2 Å². The molecule has 0 aromatic heterocycles. The van der Waals surface area contributed by atoms with E-state index in [-0.39, 0.29) is 22.0 Å². The van der Waals surface area contributed by atoms with Crippen molar-refractivity contribution < 1.29 is 21.8 Å². The molecule has 0 aliphatic carbocycles. The van der Waals surface area contributed by atoms with Crippen LogP contribution in [0.4, 0.5) is 5.69 Å². The first-order valence-electron chi connectivity index (χ1n) is 7.54. The molecule has 0 aliphatic heterocycles. The number of nitrogens with zero attached hydrogens (tertiary/aromatic N) is 1. The van der Waals surface area contributed by atoms with E-state index in [1.165, 1.54) is 24.3 Å². The third-order valence-corrected chi connectivity index (χ3v) is 6.46. The molecule has 26 heavy (non-hydrogen) atoms. The molecule has 0 amide bonds. The van der Waals surface area contributed by atoms with Crippen molar-refractivity contribution in [3.05, 3.63) is 63.7 Å². The molecule has 0 fully saturated rings. The summed E-state index contributed by atoms with van der Waals surface area (Å²) in [5, 5.41) is 10.8. The molecule has 2 aromatic carbocycles. The number of hydrogen-bond donors (Lipinski definition) is 1. The number of nitro groups is 1. The minimum Gasteiger partial charge on any atom is -0.258 e. The van der Waals surface area contributed by atoms with Crippen molar-refractivity contribution >= 4 is 25.5 Å². The van der Waals surface area contributed by atoms with Crippen LogP contribution in [-0.4, -0.2) is 34.6 Å². The van der Waals surface area contributed by atoms with Crippen LogP contribution in [0.15, 0.2) is 52.3 Å². The van der Waals surface area contributed by atoms with Gasteiger partial charge in [0.15, 0.2) is 9.84 Å². The molecular weight excluding hydrogens is 380 g/mol. The molecule has 0 saturated heterocycles. The minimum atomic E-state index is -3.90. The van der Waals surface area contributed by atoms with E-state index in [9.17, 15) is 26.9 Å². The Hall–Kier alpha value is -2.30. The Balaban J connectivity index is 2.09. The third kappa shape index (κ3) is 4.87. The lowest BCUT2D eigenvalue weighted by atomic mass is 10.2. The van der Waals surface area contributed by atoms with E-state index in [0.29, 0.717) is 12.0 Å². The van der Waals surface area contributed by atoms with Gasteiger partial charge < -0.3 is 0 Å². The van der Waals surface area contributed by atoms with Crippen LogP contribution in [0.5, 0.6) is 0 Å². The van der Waals surface area contributed by atoms with E-state index in [1.54, 1.807) is 19.1 Å². The summed E-state index contributed by atoms with van der Waals surface area (Å²) in [6.45, 7) is 1.63. The molecule has 0 radical (unpaired) electrons. The normalized spacial score (nSPS) is 12.1. The van der Waals surface area contributed by atoms with Crippen molar-refractivity contribution in [2.75, 3.05) is 12.8 Å². The van der Waals surface area contributed by atoms with E-state index < -0.39 is 24.8 Å². The molecule has 0 heterocycles. The molecule has 8 nitrogen and oxygen atoms in total. The van der Waals surface area contributed by atoms with E-state index in [2.05, 4.69) is 4.72 Å². The maximum atomic E-state index is 12.4. The Labute approximate surface area is 152 Å². The second kappa shape index (κ2) is 7.52. The van der Waals surface area contributed by atoms with E-state index in [0.717, 1.165) is 17.9 Å². The van der Waals surface area contributed by atoms with Crippen LogP contribution >= 0.6 is 0 Å². The van der Waals surface area contributed by atoms with Crippen LogP contribution in [0.3, 0.4) is 0 Å². The number of nitrogens with one attached hydrogen (secondary N) is 1. The first kappa shape index (κ1) is 20.0. The smallest absolute Gasteiger partial charge is 0.258 e. The van der Waals surface area contributed by atoms with Gasteiger partial charge in [0, 0.05) is 24.9 Å². The molecule has 0 atom stereocenters. The van der Waals surface area contributed by atoms with E-state index in [4.69, 9.17) is 0 Å². The number of non-ortho nitro benzene ring substituents is 1. The zero-order chi connectivity index (χ0) is 19.5. The second-order valence-electron chi connectivity index (χ2n) is 5.77. The van der Waals surface area contributed by atoms with E-state index in [1.807, 2.05) is 0 Å². The monoisotopic (exact) mass is 398 g/mol. The van der Waals surface area contributed by atoms with Crippen molar-refractivity contribution in [2.24, 2.45) is 0 Å². The molecule has 0 bridgehead atoms. The minimum absolute atomic E-state index is 0.0721. The molecule has 140 valence electrons. The van der Waals surface area contributed by atoms with Crippen molar-refractivity contribution in [1.29, 1.82) is 0 Å². The van der Waals surface area contributed by atoms with Gasteiger partial charge in [-0.25, -0.2) is 21.6 Å². The summed E-state index contributed by atoms with van der Waals surface area (Å²) >= 11 is 0. The van der Waals surface area contributed by atoms with Crippen molar-refractivity contribution in [2.45, 2.75) is 23.1 Å². The summed E-state index contributed by atoms with van der Waals surface area (Å²) in [7, 11) is -7.18. The quantitative estimate of drug-likeness (QED) is 0.560. The van der Waals surface area contributed by atoms with Crippen molar-refractivity contribution in [3.63, 3.8) is 0 Å². The summed E-state index contributed by atoms with van der Waals surface area (Å²) < 4.78 is 50.0. The highest BCUT2D eigenvalue weighted by Crippen LogP contribution is 2.21. The molecular formula is C16H18N2O6S2. The highest BCUT2D eigenvalue weighted by atomic mass is 32.2. The second-order valence-corrected chi connectivity index (χ2v) is 9.52. The molecule has 2 aromatic rings. The largest absolute Gasteiger partial charge is 0.270 e. The molecule has 10 heteroatoms. The average Bonchev–Trinajstić information content (AvgIpc) is 2.54. The molecule has 0 unspecified atom stereocenters. The predicted octanol–water partition coefficient (Wildman–Crippen LogP) is 1.83. The highest BCUT2D eigenvalue weighted by molar-refractivity contribution is 7.90. The SMILES string of the molecule is Cc1ccc([N+](=O)[O-])cc1S(=O)(=O)NCCc1ccc(S(C)(=O)=O)cc1. The third-order valence-electron chi connectivity index (χ3n) is 3.73. The van der Waals surface area contributed by atoms with Crippen LogP contribution in [0, 0.1) is 17.0 Å². The van der Waals surface area contributed by atoms with Crippen LogP contribution in [-0.2, 0) is 26.3 Å². The van der Waals surface area contributed by atoms with Crippen LogP contribution in [0.2, 0.25) is 0 Å². The van der Waals surface area contributed by atoms with Gasteiger partial charge in [0.2, 0.25) is 10.0 Å². The van der Waals surface area contributed by atoms with Crippen LogP contribution in [0.1, 0.15) is 11.1 Å². The molecule has 0 spiro atoms. The van der Waals surface area contributed by atoms with Gasteiger partial charge in [0.1, 0.15) is 0 Å². The predicted molar refractivity (Wildman–Crippen MR) is 96.3 cm³/mol. The van der Waals surface area contributed by atoms with Crippen LogP contribution < -0.4 is 4.72 Å². The first-order chi connectivity index (χ1) is 12.0. The first-order valence-corrected chi connectivity index (χ1v) is 10.9. The van der Waals surface area contributed by atoms with Gasteiger partial charge in [0.05, 0.1) is 14.7 Å². The molecule has 0 saturated carbocycles. The van der Waals surface area contributed by atoms with Gasteiger partial charge in [-0.2, -0.15) is 0 Å². The fourth-order valence-electron chi connectivity index (χ4n) is 2.30. The number of hydrogen-bond acceptors (Lipinski definition) is 6. The maximum absolute atomic E-state index is 12.4. The maximum Gasteiger partial charge on any atom is 0.270 e. The van der Waals surface area contributed by atoms with Gasteiger partial charge >= 0.3 is 0 Å². The number of rotatable bonds is 7. The Kier molecular flexibility index (Phi) is 5.79. The molecule has 1 N–H and O–H groups in total. The zero-order valence-electron chi connectivity index (χ0n) is 14.2. The topological polar surface area (TPSA) is 123 Å². The van der Waals surface area contributed by atoms with E-state index >= 15 is 0 Å². The van der Waals surface area contributed by atoms with Crippen LogP contribution in [0.25, 0.3) is 0 Å². The lowest BCUT2D eigenvalue weighted by molar-refractivity contribution is -0.385. The highest BCUT2D eigenvalue weighted by Gasteiger charge is 2.20. The fraction of sp³-hybridized carbons (Fsp3) is 0.250. The zero-order valence-corrected chi connectivity index (χ0v) is 15.8. The lowest BCUT2D eigenvalue weighted by Gasteiger charge is -2.09. The van der Waals surface area contributed by atoms with Gasteiger partial charge in [0.25, 0.3) is 5.69 Å². The Morgan fingerprint density at radius 3 is 2.19 bits per heavy atom. The Bertz CT molecular complexity index is 1030. The summed E-state index contributed by atoms with van der Waals surface area (Å²) in [5.74, 6) is 0. The average molecular weight is 398 g/mol. The summed E-state index contributed by atoms with van der Waals surface area (Å²) in [6.07, 6.45) is 1.45. The molecule has 0 aliphatic rings.